The van der Waals surface area contributed by atoms with E-state index in [1.807, 2.05) is 0 Å². The van der Waals surface area contributed by atoms with Gasteiger partial charge in [-0.05, 0) is 24.3 Å². The van der Waals surface area contributed by atoms with Crippen molar-refractivity contribution >= 4 is 15.7 Å². The number of anilines is 1. The van der Waals surface area contributed by atoms with Crippen molar-refractivity contribution in [1.29, 1.82) is 0 Å². The molecule has 0 aliphatic heterocycles. The third-order valence-corrected chi connectivity index (χ3v) is 3.40. The highest BCUT2D eigenvalue weighted by molar-refractivity contribution is 7.90. The van der Waals surface area contributed by atoms with E-state index in [4.69, 9.17) is 5.73 Å². The number of hydrogen-bond donors (Lipinski definition) is 1. The van der Waals surface area contributed by atoms with Crippen molar-refractivity contribution in [1.82, 2.24) is 9.97 Å². The van der Waals surface area contributed by atoms with Gasteiger partial charge >= 0.3 is 0 Å². The van der Waals surface area contributed by atoms with Crippen molar-refractivity contribution in [3.8, 4) is 11.4 Å². The predicted octanol–water partition coefficient (Wildman–Crippen LogP) is 1.27. The quantitative estimate of drug-likeness (QED) is 0.885. The first-order valence-electron chi connectivity index (χ1n) is 4.96. The average molecular weight is 267 g/mol. The molecule has 0 spiro atoms. The minimum Gasteiger partial charge on any atom is -0.382 e. The number of nitrogens with two attached hydrogens (primary N) is 1. The summed E-state index contributed by atoms with van der Waals surface area (Å²) in [6.45, 7) is 0. The summed E-state index contributed by atoms with van der Waals surface area (Å²) in [4.78, 5) is 7.70. The molecule has 1 aromatic heterocycles. The Balaban J connectivity index is 2.50. The van der Waals surface area contributed by atoms with Crippen molar-refractivity contribution in [3.63, 3.8) is 0 Å². The second kappa shape index (κ2) is 4.34. The topological polar surface area (TPSA) is 85.9 Å². The van der Waals surface area contributed by atoms with Crippen LogP contribution in [0.5, 0.6) is 0 Å². The Morgan fingerprint density at radius 1 is 1.22 bits per heavy atom. The molecule has 0 atom stereocenters. The minimum absolute atomic E-state index is 0.117. The van der Waals surface area contributed by atoms with Crippen LogP contribution in [0, 0.1) is 5.82 Å². The Bertz CT molecular complexity index is 684. The fraction of sp³-hybridized carbons (Fsp3) is 0.0909. The lowest BCUT2D eigenvalue weighted by Gasteiger charge is -2.05. The number of halogens is 1. The van der Waals surface area contributed by atoms with Crippen LogP contribution in [-0.2, 0) is 9.84 Å². The van der Waals surface area contributed by atoms with Crippen molar-refractivity contribution in [2.75, 3.05) is 12.0 Å². The number of aromatic nitrogens is 2. The summed E-state index contributed by atoms with van der Waals surface area (Å²) in [7, 11) is -3.45. The van der Waals surface area contributed by atoms with Gasteiger partial charge in [0.1, 0.15) is 16.5 Å². The van der Waals surface area contributed by atoms with Gasteiger partial charge in [0.15, 0.2) is 15.7 Å². The number of nitrogens with zero attached hydrogens (tertiary/aromatic N) is 2. The van der Waals surface area contributed by atoms with E-state index in [0.29, 0.717) is 5.56 Å². The molecule has 0 saturated heterocycles. The monoisotopic (exact) mass is 267 g/mol. The molecule has 7 heteroatoms. The molecule has 1 heterocycles. The molecule has 2 N–H and O–H groups in total. The van der Waals surface area contributed by atoms with Gasteiger partial charge in [-0.2, -0.15) is 0 Å². The van der Waals surface area contributed by atoms with E-state index < -0.39 is 9.84 Å². The van der Waals surface area contributed by atoms with E-state index in [-0.39, 0.29) is 22.4 Å². The van der Waals surface area contributed by atoms with Gasteiger partial charge in [0.05, 0.1) is 6.20 Å². The van der Waals surface area contributed by atoms with E-state index in [1.54, 1.807) is 0 Å². The van der Waals surface area contributed by atoms with Crippen molar-refractivity contribution in [2.45, 2.75) is 4.90 Å². The molecule has 0 bridgehead atoms. The lowest BCUT2D eigenvalue weighted by atomic mass is 10.2. The first-order valence-corrected chi connectivity index (χ1v) is 6.85. The van der Waals surface area contributed by atoms with Gasteiger partial charge in [-0.15, -0.1) is 0 Å². The lowest BCUT2D eigenvalue weighted by Crippen LogP contribution is -2.06. The highest BCUT2D eigenvalue weighted by atomic mass is 32.2. The molecule has 0 radical (unpaired) electrons. The second-order valence-corrected chi connectivity index (χ2v) is 5.71. The van der Waals surface area contributed by atoms with Crippen LogP contribution in [0.1, 0.15) is 0 Å². The maximum atomic E-state index is 12.8. The van der Waals surface area contributed by atoms with Gasteiger partial charge in [0.25, 0.3) is 0 Å². The van der Waals surface area contributed by atoms with Gasteiger partial charge in [-0.3, -0.25) is 0 Å². The van der Waals surface area contributed by atoms with Crippen molar-refractivity contribution in [3.05, 3.63) is 36.3 Å². The molecule has 0 aliphatic carbocycles. The summed E-state index contributed by atoms with van der Waals surface area (Å²) in [5, 5.41) is 0. The van der Waals surface area contributed by atoms with Crippen LogP contribution in [0.25, 0.3) is 11.4 Å². The van der Waals surface area contributed by atoms with Crippen LogP contribution in [0.4, 0.5) is 10.2 Å². The lowest BCUT2D eigenvalue weighted by molar-refractivity contribution is 0.601. The van der Waals surface area contributed by atoms with Crippen molar-refractivity contribution in [2.24, 2.45) is 0 Å². The predicted molar refractivity (Wildman–Crippen MR) is 64.9 cm³/mol. The Hall–Kier alpha value is -2.02. The van der Waals surface area contributed by atoms with Crippen LogP contribution in [-0.4, -0.2) is 24.6 Å². The zero-order valence-corrected chi connectivity index (χ0v) is 10.3. The van der Waals surface area contributed by atoms with Crippen molar-refractivity contribution < 1.29 is 12.8 Å². The molecule has 1 aromatic carbocycles. The molecular weight excluding hydrogens is 257 g/mol. The van der Waals surface area contributed by atoms with Gasteiger partial charge in [0.2, 0.25) is 0 Å². The van der Waals surface area contributed by atoms with Crippen LogP contribution in [0.3, 0.4) is 0 Å². The molecule has 0 unspecified atom stereocenters. The normalized spacial score (nSPS) is 11.4. The molecule has 18 heavy (non-hydrogen) atoms. The first kappa shape index (κ1) is 12.4. The van der Waals surface area contributed by atoms with Gasteiger partial charge < -0.3 is 5.73 Å². The molecule has 0 aliphatic rings. The van der Waals surface area contributed by atoms with E-state index in [0.717, 1.165) is 12.5 Å². The summed E-state index contributed by atoms with van der Waals surface area (Å²) < 4.78 is 35.4. The average Bonchev–Trinajstić information content (AvgIpc) is 2.28. The Kier molecular flexibility index (Phi) is 3.00. The van der Waals surface area contributed by atoms with E-state index >= 15 is 0 Å². The number of sulfone groups is 1. The molecule has 94 valence electrons. The number of benzene rings is 1. The third-order valence-electron chi connectivity index (χ3n) is 2.28. The Morgan fingerprint density at radius 2 is 1.83 bits per heavy atom. The Morgan fingerprint density at radius 3 is 2.33 bits per heavy atom. The van der Waals surface area contributed by atoms with E-state index in [2.05, 4.69) is 9.97 Å². The van der Waals surface area contributed by atoms with E-state index in [9.17, 15) is 12.8 Å². The maximum absolute atomic E-state index is 12.8. The van der Waals surface area contributed by atoms with Crippen LogP contribution < -0.4 is 5.73 Å². The highest BCUT2D eigenvalue weighted by Crippen LogP contribution is 2.20. The molecular formula is C11H10FN3O2S. The number of hydrogen-bond acceptors (Lipinski definition) is 5. The summed E-state index contributed by atoms with van der Waals surface area (Å²) in [6, 6.07) is 5.51. The zero-order valence-electron chi connectivity index (χ0n) is 9.46. The minimum atomic E-state index is -3.45. The maximum Gasteiger partial charge on any atom is 0.180 e. The molecule has 2 rings (SSSR count). The molecule has 0 saturated carbocycles. The summed E-state index contributed by atoms with van der Waals surface area (Å²) in [5.41, 5.74) is 6.13. The molecule has 0 amide bonds. The molecule has 2 aromatic rings. The van der Waals surface area contributed by atoms with Crippen LogP contribution in [0.15, 0.2) is 35.4 Å². The van der Waals surface area contributed by atoms with Gasteiger partial charge in [-0.25, -0.2) is 22.8 Å². The smallest absolute Gasteiger partial charge is 0.180 e. The molecule has 5 nitrogen and oxygen atoms in total. The summed E-state index contributed by atoms with van der Waals surface area (Å²) in [5.74, 6) is -0.244. The Labute approximate surface area is 103 Å². The SMILES string of the molecule is CS(=O)(=O)c1cnc(-c2ccc(F)cc2)nc1N. The fourth-order valence-electron chi connectivity index (χ4n) is 1.41. The second-order valence-electron chi connectivity index (χ2n) is 3.72. The largest absolute Gasteiger partial charge is 0.382 e. The highest BCUT2D eigenvalue weighted by Gasteiger charge is 2.14. The summed E-state index contributed by atoms with van der Waals surface area (Å²) in [6.07, 6.45) is 2.18. The standard InChI is InChI=1S/C11H10FN3O2S/c1-18(16,17)9-6-14-11(15-10(9)13)7-2-4-8(12)5-3-7/h2-6H,1H3,(H2,13,14,15). The number of rotatable bonds is 2. The van der Waals surface area contributed by atoms with Gasteiger partial charge in [0, 0.05) is 11.8 Å². The fourth-order valence-corrected chi connectivity index (χ4v) is 2.08. The molecule has 0 fully saturated rings. The van der Waals surface area contributed by atoms with Crippen LogP contribution in [0.2, 0.25) is 0 Å². The van der Waals surface area contributed by atoms with E-state index in [1.165, 1.54) is 24.3 Å². The van der Waals surface area contributed by atoms with Crippen LogP contribution >= 0.6 is 0 Å². The number of nitrogen functional groups attached to an aromatic ring is 1. The first-order chi connectivity index (χ1) is 8.38. The zero-order chi connectivity index (χ0) is 13.3. The summed E-state index contributed by atoms with van der Waals surface area (Å²) >= 11 is 0. The van der Waals surface area contributed by atoms with Gasteiger partial charge in [-0.1, -0.05) is 0 Å². The third kappa shape index (κ3) is 2.45.